The van der Waals surface area contributed by atoms with E-state index in [-0.39, 0.29) is 0 Å². The van der Waals surface area contributed by atoms with Crippen molar-refractivity contribution in [2.45, 2.75) is 50.7 Å². The van der Waals surface area contributed by atoms with E-state index < -0.39 is 0 Å². The molecule has 0 aromatic carbocycles. The fourth-order valence-electron chi connectivity index (χ4n) is 3.98. The van der Waals surface area contributed by atoms with Gasteiger partial charge in [0.05, 0.1) is 6.61 Å². The minimum Gasteiger partial charge on any atom is -0.475 e. The molecule has 1 atom stereocenters. The molecule has 1 unspecified atom stereocenters. The second kappa shape index (κ2) is 10.5. The van der Waals surface area contributed by atoms with Gasteiger partial charge >= 0.3 is 0 Å². The highest BCUT2D eigenvalue weighted by Gasteiger charge is 2.30. The highest BCUT2D eigenvalue weighted by atomic mass is 16.5. The third-order valence-electron chi connectivity index (χ3n) is 5.45. The number of nitrogens with zero attached hydrogens (tertiary/aromatic N) is 3. The Labute approximate surface area is 162 Å². The molecule has 0 amide bonds. The average molecular weight is 376 g/mol. The van der Waals surface area contributed by atoms with Crippen LogP contribution in [0.15, 0.2) is 23.3 Å². The van der Waals surface area contributed by atoms with Gasteiger partial charge in [0.25, 0.3) is 0 Å². The SMILES string of the molecule is CN=C(NCc1cccnc1OCCOC)NC1CCN(C2CCCC2)C1. The number of hydrogen-bond acceptors (Lipinski definition) is 5. The molecular formula is C20H33N5O2. The van der Waals surface area contributed by atoms with Crippen molar-refractivity contribution in [1.29, 1.82) is 0 Å². The fourth-order valence-corrected chi connectivity index (χ4v) is 3.98. The lowest BCUT2D eigenvalue weighted by Crippen LogP contribution is -2.45. The summed E-state index contributed by atoms with van der Waals surface area (Å²) < 4.78 is 10.7. The number of likely N-dealkylation sites (tertiary alicyclic amines) is 1. The van der Waals surface area contributed by atoms with Gasteiger partial charge in [0.15, 0.2) is 5.96 Å². The number of aliphatic imine (C=N–C) groups is 1. The van der Waals surface area contributed by atoms with E-state index in [1.165, 1.54) is 38.6 Å². The van der Waals surface area contributed by atoms with Crippen LogP contribution in [0, 0.1) is 0 Å². The number of methoxy groups -OCH3 is 1. The van der Waals surface area contributed by atoms with Gasteiger partial charge in [-0.1, -0.05) is 18.9 Å². The maximum atomic E-state index is 5.70. The van der Waals surface area contributed by atoms with Crippen molar-refractivity contribution in [3.05, 3.63) is 23.9 Å². The van der Waals surface area contributed by atoms with Crippen LogP contribution in [0.2, 0.25) is 0 Å². The number of nitrogens with one attached hydrogen (secondary N) is 2. The molecule has 1 aliphatic heterocycles. The van der Waals surface area contributed by atoms with Crippen molar-refractivity contribution in [2.24, 2.45) is 4.99 Å². The first-order valence-corrected chi connectivity index (χ1v) is 10.1. The maximum Gasteiger partial charge on any atom is 0.218 e. The van der Waals surface area contributed by atoms with Gasteiger partial charge in [-0.2, -0.15) is 0 Å². The molecule has 150 valence electrons. The summed E-state index contributed by atoms with van der Waals surface area (Å²) in [5.74, 6) is 1.48. The molecule has 1 aromatic heterocycles. The van der Waals surface area contributed by atoms with Gasteiger partial charge in [0.1, 0.15) is 6.61 Å². The molecule has 2 fully saturated rings. The molecule has 1 saturated heterocycles. The van der Waals surface area contributed by atoms with Crippen molar-refractivity contribution in [1.82, 2.24) is 20.5 Å². The van der Waals surface area contributed by atoms with Crippen molar-refractivity contribution < 1.29 is 9.47 Å². The van der Waals surface area contributed by atoms with Crippen LogP contribution in [-0.4, -0.2) is 68.4 Å². The molecule has 1 aliphatic carbocycles. The molecule has 2 N–H and O–H groups in total. The predicted octanol–water partition coefficient (Wildman–Crippen LogP) is 1.79. The molecule has 7 heteroatoms. The Morgan fingerprint density at radius 3 is 2.93 bits per heavy atom. The summed E-state index contributed by atoms with van der Waals surface area (Å²) in [6.07, 6.45) is 8.44. The molecular weight excluding hydrogens is 342 g/mol. The molecule has 7 nitrogen and oxygen atoms in total. The summed E-state index contributed by atoms with van der Waals surface area (Å²) in [6, 6.07) is 5.21. The molecule has 0 radical (unpaired) electrons. The quantitative estimate of drug-likeness (QED) is 0.410. The number of pyridine rings is 1. The van der Waals surface area contributed by atoms with E-state index in [9.17, 15) is 0 Å². The van der Waals surface area contributed by atoms with Crippen LogP contribution in [0.3, 0.4) is 0 Å². The Hall–Kier alpha value is -1.86. The standard InChI is InChI=1S/C20H33N5O2/c1-21-20(24-17-9-11-25(15-17)18-7-3-4-8-18)23-14-16-6-5-10-22-19(16)27-13-12-26-2/h5-6,10,17-18H,3-4,7-9,11-15H2,1-2H3,(H2,21,23,24). The number of rotatable bonds is 8. The van der Waals surface area contributed by atoms with E-state index in [0.717, 1.165) is 24.1 Å². The monoisotopic (exact) mass is 375 g/mol. The minimum absolute atomic E-state index is 0.461. The van der Waals surface area contributed by atoms with E-state index in [0.29, 0.717) is 31.7 Å². The van der Waals surface area contributed by atoms with E-state index >= 15 is 0 Å². The van der Waals surface area contributed by atoms with Gasteiger partial charge in [0.2, 0.25) is 5.88 Å². The molecule has 0 bridgehead atoms. The third-order valence-corrected chi connectivity index (χ3v) is 5.45. The summed E-state index contributed by atoms with van der Waals surface area (Å²) in [4.78, 5) is 11.4. The van der Waals surface area contributed by atoms with Gasteiger partial charge < -0.3 is 20.1 Å². The third kappa shape index (κ3) is 5.81. The van der Waals surface area contributed by atoms with Crippen LogP contribution in [0.25, 0.3) is 0 Å². The number of ether oxygens (including phenoxy) is 2. The van der Waals surface area contributed by atoms with Crippen LogP contribution >= 0.6 is 0 Å². The summed E-state index contributed by atoms with van der Waals surface area (Å²) in [6.45, 7) is 3.97. The largest absolute Gasteiger partial charge is 0.475 e. The fraction of sp³-hybridized carbons (Fsp3) is 0.700. The summed E-state index contributed by atoms with van der Waals surface area (Å²) in [5, 5.41) is 6.97. The molecule has 0 spiro atoms. The Bertz CT molecular complexity index is 604. The molecule has 2 heterocycles. The lowest BCUT2D eigenvalue weighted by molar-refractivity contribution is 0.143. The predicted molar refractivity (Wildman–Crippen MR) is 107 cm³/mol. The summed E-state index contributed by atoms with van der Waals surface area (Å²) in [5.41, 5.74) is 1.01. The van der Waals surface area contributed by atoms with Crippen molar-refractivity contribution >= 4 is 5.96 Å². The van der Waals surface area contributed by atoms with Gasteiger partial charge in [-0.15, -0.1) is 0 Å². The van der Waals surface area contributed by atoms with Crippen molar-refractivity contribution in [3.63, 3.8) is 0 Å². The zero-order chi connectivity index (χ0) is 18.9. The number of guanidine groups is 1. The van der Waals surface area contributed by atoms with Crippen LogP contribution < -0.4 is 15.4 Å². The zero-order valence-corrected chi connectivity index (χ0v) is 16.6. The zero-order valence-electron chi connectivity index (χ0n) is 16.6. The Morgan fingerprint density at radius 2 is 2.15 bits per heavy atom. The van der Waals surface area contributed by atoms with Crippen LogP contribution in [-0.2, 0) is 11.3 Å². The second-order valence-corrected chi connectivity index (χ2v) is 7.30. The van der Waals surface area contributed by atoms with Gasteiger partial charge in [0, 0.05) is 57.6 Å². The Kier molecular flexibility index (Phi) is 7.71. The average Bonchev–Trinajstić information content (AvgIpc) is 3.38. The molecule has 2 aliphatic rings. The first-order chi connectivity index (χ1) is 13.3. The first kappa shape index (κ1) is 19.9. The number of hydrogen-bond donors (Lipinski definition) is 2. The van der Waals surface area contributed by atoms with E-state index in [2.05, 4.69) is 25.5 Å². The lowest BCUT2D eigenvalue weighted by atomic mass is 10.2. The van der Waals surface area contributed by atoms with E-state index in [1.54, 1.807) is 13.3 Å². The Morgan fingerprint density at radius 1 is 1.30 bits per heavy atom. The Balaban J connectivity index is 1.47. The lowest BCUT2D eigenvalue weighted by Gasteiger charge is -2.24. The summed E-state index contributed by atoms with van der Waals surface area (Å²) in [7, 11) is 3.48. The first-order valence-electron chi connectivity index (χ1n) is 10.1. The van der Waals surface area contributed by atoms with Gasteiger partial charge in [-0.3, -0.25) is 9.89 Å². The van der Waals surface area contributed by atoms with Crippen LogP contribution in [0.1, 0.15) is 37.7 Å². The minimum atomic E-state index is 0.461. The molecule has 1 saturated carbocycles. The number of aromatic nitrogens is 1. The van der Waals surface area contributed by atoms with Crippen molar-refractivity contribution in [2.75, 3.05) is 40.5 Å². The van der Waals surface area contributed by atoms with Crippen molar-refractivity contribution in [3.8, 4) is 5.88 Å². The van der Waals surface area contributed by atoms with E-state index in [4.69, 9.17) is 9.47 Å². The normalized spacial score (nSPS) is 21.6. The summed E-state index contributed by atoms with van der Waals surface area (Å²) >= 11 is 0. The van der Waals surface area contributed by atoms with Crippen LogP contribution in [0.4, 0.5) is 0 Å². The molecule has 1 aromatic rings. The van der Waals surface area contributed by atoms with Gasteiger partial charge in [-0.05, 0) is 25.3 Å². The molecule has 27 heavy (non-hydrogen) atoms. The highest BCUT2D eigenvalue weighted by molar-refractivity contribution is 5.80. The van der Waals surface area contributed by atoms with Crippen LogP contribution in [0.5, 0.6) is 5.88 Å². The topological polar surface area (TPSA) is 71.0 Å². The van der Waals surface area contributed by atoms with Gasteiger partial charge in [-0.25, -0.2) is 4.98 Å². The van der Waals surface area contributed by atoms with E-state index in [1.807, 2.05) is 19.2 Å². The molecule has 3 rings (SSSR count). The maximum absolute atomic E-state index is 5.70. The highest BCUT2D eigenvalue weighted by Crippen LogP contribution is 2.26. The second-order valence-electron chi connectivity index (χ2n) is 7.30. The smallest absolute Gasteiger partial charge is 0.218 e.